The summed E-state index contributed by atoms with van der Waals surface area (Å²) in [5, 5.41) is 0.507. The molecule has 3 amide bonds. The summed E-state index contributed by atoms with van der Waals surface area (Å²) in [5.74, 6) is -2.85. The van der Waals surface area contributed by atoms with Gasteiger partial charge in [0, 0.05) is 23.0 Å². The molecule has 0 aliphatic carbocycles. The van der Waals surface area contributed by atoms with Gasteiger partial charge in [-0.15, -0.1) is 0 Å². The minimum atomic E-state index is -0.969. The Bertz CT molecular complexity index is 1380. The highest BCUT2D eigenvalue weighted by atomic mass is 35.5. The zero-order valence-electron chi connectivity index (χ0n) is 18.9. The number of benzene rings is 2. The van der Waals surface area contributed by atoms with E-state index in [0.29, 0.717) is 5.02 Å². The second-order valence-electron chi connectivity index (χ2n) is 7.83. The molecule has 0 saturated carbocycles. The maximum Gasteiger partial charge on any atom is 0.338 e. The second-order valence-corrected chi connectivity index (χ2v) is 8.68. The van der Waals surface area contributed by atoms with Gasteiger partial charge in [-0.05, 0) is 54.6 Å². The van der Waals surface area contributed by atoms with Crippen molar-refractivity contribution in [2.45, 2.75) is 12.5 Å². The molecular weight excluding hydrogens is 523 g/mol. The number of Topliss-reactive ketones (excluding diaryl/α,β-unsaturated/α-hetero) is 1. The number of ketones is 1. The standard InChI is InChI=1S/C25H18Cl2N4O6/c26-16-5-8-18(19(27)10-16)21(32)13-37-25(36)14-3-6-17(7-4-14)31-22(33)11-20(24(31)35)29-30-23(34)15-2-1-9-28-12-15/h1-10,12,20,29H,11,13H2,(H,30,34). The number of hydrogen-bond donors (Lipinski definition) is 2. The minimum Gasteiger partial charge on any atom is -0.454 e. The number of carbonyl (C=O) groups is 5. The number of esters is 1. The molecule has 0 bridgehead atoms. The third-order valence-corrected chi connectivity index (χ3v) is 5.91. The lowest BCUT2D eigenvalue weighted by atomic mass is 10.1. The van der Waals surface area contributed by atoms with Gasteiger partial charge in [0.1, 0.15) is 6.04 Å². The Morgan fingerprint density at radius 2 is 1.78 bits per heavy atom. The SMILES string of the molecule is O=C(NNC1CC(=O)N(c2ccc(C(=O)OCC(=O)c3ccc(Cl)cc3Cl)cc2)C1=O)c1cccnc1. The average molecular weight is 541 g/mol. The summed E-state index contributed by atoms with van der Waals surface area (Å²) in [6.45, 7) is -0.539. The van der Waals surface area contributed by atoms with Crippen molar-refractivity contribution >= 4 is 58.4 Å². The number of pyridine rings is 1. The molecule has 188 valence electrons. The monoisotopic (exact) mass is 540 g/mol. The number of nitrogens with zero attached hydrogens (tertiary/aromatic N) is 2. The summed E-state index contributed by atoms with van der Waals surface area (Å²) in [7, 11) is 0. The van der Waals surface area contributed by atoms with Crippen LogP contribution in [-0.4, -0.2) is 47.1 Å². The van der Waals surface area contributed by atoms with E-state index in [1.165, 1.54) is 54.9 Å². The van der Waals surface area contributed by atoms with E-state index in [1.54, 1.807) is 12.1 Å². The molecule has 1 aromatic heterocycles. The van der Waals surface area contributed by atoms with Crippen LogP contribution in [0.15, 0.2) is 67.0 Å². The van der Waals surface area contributed by atoms with Crippen LogP contribution in [0.4, 0.5) is 5.69 Å². The largest absolute Gasteiger partial charge is 0.454 e. The van der Waals surface area contributed by atoms with E-state index in [1.807, 2.05) is 0 Å². The number of carbonyl (C=O) groups excluding carboxylic acids is 5. The topological polar surface area (TPSA) is 135 Å². The van der Waals surface area contributed by atoms with E-state index in [0.717, 1.165) is 4.90 Å². The smallest absolute Gasteiger partial charge is 0.338 e. The molecule has 2 aromatic carbocycles. The second kappa shape index (κ2) is 11.3. The highest BCUT2D eigenvalue weighted by molar-refractivity contribution is 6.36. The molecular formula is C25H18Cl2N4O6. The fourth-order valence-corrected chi connectivity index (χ4v) is 4.01. The molecule has 4 rings (SSSR count). The minimum absolute atomic E-state index is 0.108. The fraction of sp³-hybridized carbons (Fsp3) is 0.120. The van der Waals surface area contributed by atoms with Gasteiger partial charge in [0.05, 0.1) is 28.3 Å². The van der Waals surface area contributed by atoms with Crippen molar-refractivity contribution in [2.75, 3.05) is 11.5 Å². The van der Waals surface area contributed by atoms with Gasteiger partial charge < -0.3 is 4.74 Å². The van der Waals surface area contributed by atoms with Gasteiger partial charge in [0.2, 0.25) is 11.7 Å². The van der Waals surface area contributed by atoms with Crippen molar-refractivity contribution in [3.63, 3.8) is 0 Å². The Morgan fingerprint density at radius 1 is 1.03 bits per heavy atom. The van der Waals surface area contributed by atoms with Crippen molar-refractivity contribution in [1.29, 1.82) is 0 Å². The van der Waals surface area contributed by atoms with Crippen LogP contribution in [0.1, 0.15) is 37.5 Å². The summed E-state index contributed by atoms with van der Waals surface area (Å²) >= 11 is 11.8. The van der Waals surface area contributed by atoms with Crippen molar-refractivity contribution < 1.29 is 28.7 Å². The highest BCUT2D eigenvalue weighted by Crippen LogP contribution is 2.24. The molecule has 1 unspecified atom stereocenters. The number of rotatable bonds is 8. The molecule has 1 fully saturated rings. The van der Waals surface area contributed by atoms with Crippen LogP contribution in [0, 0.1) is 0 Å². The Hall–Kier alpha value is -4.12. The van der Waals surface area contributed by atoms with Gasteiger partial charge in [-0.25, -0.2) is 15.1 Å². The van der Waals surface area contributed by atoms with Gasteiger partial charge in [-0.3, -0.25) is 29.6 Å². The van der Waals surface area contributed by atoms with Crippen LogP contribution < -0.4 is 15.8 Å². The maximum atomic E-state index is 12.8. The first-order valence-corrected chi connectivity index (χ1v) is 11.6. The molecule has 10 nitrogen and oxygen atoms in total. The highest BCUT2D eigenvalue weighted by Gasteiger charge is 2.39. The third-order valence-electron chi connectivity index (χ3n) is 5.36. The molecule has 2 heterocycles. The lowest BCUT2D eigenvalue weighted by molar-refractivity contribution is -0.121. The van der Waals surface area contributed by atoms with E-state index in [4.69, 9.17) is 27.9 Å². The lowest BCUT2D eigenvalue weighted by Crippen LogP contribution is -2.48. The molecule has 0 spiro atoms. The van der Waals surface area contributed by atoms with Gasteiger partial charge in [-0.1, -0.05) is 23.2 Å². The summed E-state index contributed by atoms with van der Waals surface area (Å²) in [6, 6.07) is 12.0. The predicted molar refractivity (Wildman–Crippen MR) is 133 cm³/mol. The van der Waals surface area contributed by atoms with Crippen LogP contribution in [-0.2, 0) is 14.3 Å². The molecule has 1 saturated heterocycles. The summed E-state index contributed by atoms with van der Waals surface area (Å²) in [5.41, 5.74) is 5.76. The Balaban J connectivity index is 1.34. The van der Waals surface area contributed by atoms with E-state index in [9.17, 15) is 24.0 Å². The van der Waals surface area contributed by atoms with Crippen LogP contribution in [0.2, 0.25) is 10.0 Å². The van der Waals surface area contributed by atoms with Crippen molar-refractivity contribution in [3.8, 4) is 0 Å². The first-order chi connectivity index (χ1) is 17.7. The first kappa shape index (κ1) is 26.0. The number of imide groups is 1. The number of halogens is 2. The summed E-state index contributed by atoms with van der Waals surface area (Å²) in [4.78, 5) is 66.9. The Morgan fingerprint density at radius 3 is 2.46 bits per heavy atom. The van der Waals surface area contributed by atoms with Gasteiger partial charge in [0.15, 0.2) is 6.61 Å². The number of amides is 3. The van der Waals surface area contributed by atoms with E-state index in [-0.39, 0.29) is 33.8 Å². The number of aromatic nitrogens is 1. The van der Waals surface area contributed by atoms with E-state index in [2.05, 4.69) is 15.8 Å². The number of anilines is 1. The van der Waals surface area contributed by atoms with E-state index >= 15 is 0 Å². The van der Waals surface area contributed by atoms with E-state index < -0.39 is 42.1 Å². The molecule has 1 aliphatic rings. The molecule has 1 atom stereocenters. The predicted octanol–water partition coefficient (Wildman–Crippen LogP) is 2.99. The van der Waals surface area contributed by atoms with Gasteiger partial charge >= 0.3 is 5.97 Å². The molecule has 1 aliphatic heterocycles. The Kier molecular flexibility index (Phi) is 7.92. The quantitative estimate of drug-likeness (QED) is 0.192. The van der Waals surface area contributed by atoms with Crippen molar-refractivity contribution in [2.24, 2.45) is 0 Å². The summed E-state index contributed by atoms with van der Waals surface area (Å²) in [6.07, 6.45) is 2.70. The van der Waals surface area contributed by atoms with Crippen LogP contribution in [0.3, 0.4) is 0 Å². The van der Waals surface area contributed by atoms with Gasteiger partial charge in [-0.2, -0.15) is 0 Å². The Labute approximate surface area is 220 Å². The summed E-state index contributed by atoms with van der Waals surface area (Å²) < 4.78 is 5.06. The maximum absolute atomic E-state index is 12.8. The molecule has 12 heteroatoms. The zero-order valence-corrected chi connectivity index (χ0v) is 20.5. The van der Waals surface area contributed by atoms with Crippen molar-refractivity contribution in [3.05, 3.63) is 93.7 Å². The lowest BCUT2D eigenvalue weighted by Gasteiger charge is -2.16. The van der Waals surface area contributed by atoms with Crippen LogP contribution in [0.25, 0.3) is 0 Å². The number of hydrazine groups is 1. The first-order valence-electron chi connectivity index (χ1n) is 10.8. The number of nitrogens with one attached hydrogen (secondary N) is 2. The molecule has 37 heavy (non-hydrogen) atoms. The molecule has 3 aromatic rings. The average Bonchev–Trinajstić information content (AvgIpc) is 3.18. The normalized spacial score (nSPS) is 15.0. The molecule has 2 N–H and O–H groups in total. The van der Waals surface area contributed by atoms with Crippen LogP contribution in [0.5, 0.6) is 0 Å². The molecule has 0 radical (unpaired) electrons. The van der Waals surface area contributed by atoms with Crippen LogP contribution >= 0.6 is 23.2 Å². The number of hydrogen-bond acceptors (Lipinski definition) is 8. The zero-order chi connectivity index (χ0) is 26.5. The van der Waals surface area contributed by atoms with Crippen molar-refractivity contribution in [1.82, 2.24) is 15.8 Å². The number of ether oxygens (including phenoxy) is 1. The fourth-order valence-electron chi connectivity index (χ4n) is 3.49. The van der Waals surface area contributed by atoms with Gasteiger partial charge in [0.25, 0.3) is 11.8 Å². The third kappa shape index (κ3) is 6.00.